The molecule has 18 heavy (non-hydrogen) atoms. The number of hydrogen-bond acceptors (Lipinski definition) is 3. The van der Waals surface area contributed by atoms with Gasteiger partial charge in [0.1, 0.15) is 0 Å². The lowest BCUT2D eigenvalue weighted by molar-refractivity contribution is 0.129. The second-order valence-electron chi connectivity index (χ2n) is 4.59. The number of nitrogens with one attached hydrogen (secondary N) is 1. The largest absolute Gasteiger partial charge is 0.387 e. The molecule has 0 radical (unpaired) electrons. The van der Waals surface area contributed by atoms with E-state index in [-0.39, 0.29) is 11.8 Å². The third-order valence-corrected chi connectivity index (χ3v) is 4.37. The SMILES string of the molecule is N=C(N)C(CSCC1CCCO1)c1ccccc1. The first kappa shape index (κ1) is 13.4. The average Bonchev–Trinajstić information content (AvgIpc) is 2.88. The van der Waals surface area contributed by atoms with Crippen LogP contribution in [0.2, 0.25) is 0 Å². The van der Waals surface area contributed by atoms with Gasteiger partial charge in [-0.15, -0.1) is 0 Å². The molecule has 1 aromatic carbocycles. The molecule has 2 rings (SSSR count). The molecule has 1 heterocycles. The minimum atomic E-state index is 0.0256. The normalized spacial score (nSPS) is 20.8. The van der Waals surface area contributed by atoms with Crippen molar-refractivity contribution < 1.29 is 4.74 Å². The van der Waals surface area contributed by atoms with E-state index in [0.717, 1.165) is 23.7 Å². The molecular formula is C14H20N2OS. The standard InChI is InChI=1S/C14H20N2OS/c15-14(16)13(11-5-2-1-3-6-11)10-18-9-12-7-4-8-17-12/h1-3,5-6,12-13H,4,7-10H2,(H3,15,16). The lowest BCUT2D eigenvalue weighted by Gasteiger charge is -2.16. The topological polar surface area (TPSA) is 59.1 Å². The van der Waals surface area contributed by atoms with Gasteiger partial charge in [0.05, 0.1) is 11.9 Å². The van der Waals surface area contributed by atoms with Crippen LogP contribution in [0.4, 0.5) is 0 Å². The summed E-state index contributed by atoms with van der Waals surface area (Å²) >= 11 is 1.84. The van der Waals surface area contributed by atoms with Crippen molar-refractivity contribution in [3.63, 3.8) is 0 Å². The van der Waals surface area contributed by atoms with Gasteiger partial charge in [-0.2, -0.15) is 11.8 Å². The lowest BCUT2D eigenvalue weighted by Crippen LogP contribution is -2.23. The Hall–Kier alpha value is -1.00. The highest BCUT2D eigenvalue weighted by atomic mass is 32.2. The van der Waals surface area contributed by atoms with Crippen molar-refractivity contribution in [2.24, 2.45) is 5.73 Å². The Morgan fingerprint density at radius 2 is 2.22 bits per heavy atom. The highest BCUT2D eigenvalue weighted by Crippen LogP contribution is 2.23. The summed E-state index contributed by atoms with van der Waals surface area (Å²) in [6.45, 7) is 0.903. The summed E-state index contributed by atoms with van der Waals surface area (Å²) in [5.74, 6) is 2.15. The molecule has 0 saturated carbocycles. The van der Waals surface area contributed by atoms with Crippen LogP contribution in [-0.2, 0) is 4.74 Å². The first-order valence-corrected chi connectivity index (χ1v) is 7.51. The zero-order valence-corrected chi connectivity index (χ0v) is 11.3. The van der Waals surface area contributed by atoms with Crippen LogP contribution in [0.25, 0.3) is 0 Å². The van der Waals surface area contributed by atoms with E-state index in [0.29, 0.717) is 6.10 Å². The van der Waals surface area contributed by atoms with Gasteiger partial charge in [0, 0.05) is 24.0 Å². The average molecular weight is 264 g/mol. The van der Waals surface area contributed by atoms with Gasteiger partial charge in [-0.25, -0.2) is 0 Å². The molecule has 1 aromatic rings. The summed E-state index contributed by atoms with van der Waals surface area (Å²) in [7, 11) is 0. The van der Waals surface area contributed by atoms with Gasteiger partial charge in [0.2, 0.25) is 0 Å². The van der Waals surface area contributed by atoms with Crippen molar-refractivity contribution in [1.29, 1.82) is 5.41 Å². The number of benzene rings is 1. The van der Waals surface area contributed by atoms with E-state index in [1.165, 1.54) is 12.8 Å². The summed E-state index contributed by atoms with van der Waals surface area (Å²) in [6.07, 6.45) is 2.75. The second kappa shape index (κ2) is 6.81. The molecule has 3 N–H and O–H groups in total. The molecule has 0 amide bonds. The predicted molar refractivity (Wildman–Crippen MR) is 77.4 cm³/mol. The van der Waals surface area contributed by atoms with Gasteiger partial charge < -0.3 is 10.5 Å². The van der Waals surface area contributed by atoms with Crippen LogP contribution < -0.4 is 5.73 Å². The van der Waals surface area contributed by atoms with Crippen LogP contribution in [0.1, 0.15) is 24.3 Å². The van der Waals surface area contributed by atoms with E-state index >= 15 is 0 Å². The fourth-order valence-corrected chi connectivity index (χ4v) is 3.41. The lowest BCUT2D eigenvalue weighted by atomic mass is 10.0. The van der Waals surface area contributed by atoms with E-state index in [1.807, 2.05) is 42.1 Å². The van der Waals surface area contributed by atoms with Crippen molar-refractivity contribution in [2.45, 2.75) is 24.9 Å². The minimum Gasteiger partial charge on any atom is -0.387 e. The number of thioether (sulfide) groups is 1. The molecule has 0 aliphatic carbocycles. The monoisotopic (exact) mass is 264 g/mol. The highest BCUT2D eigenvalue weighted by molar-refractivity contribution is 7.99. The Bertz CT molecular complexity index is 377. The summed E-state index contributed by atoms with van der Waals surface area (Å²) in [4.78, 5) is 0. The Balaban J connectivity index is 1.85. The second-order valence-corrected chi connectivity index (χ2v) is 5.67. The fraction of sp³-hybridized carbons (Fsp3) is 0.500. The van der Waals surface area contributed by atoms with E-state index in [4.69, 9.17) is 15.9 Å². The Kier molecular flexibility index (Phi) is 5.08. The molecule has 2 atom stereocenters. The van der Waals surface area contributed by atoms with Crippen molar-refractivity contribution in [1.82, 2.24) is 0 Å². The number of rotatable bonds is 6. The minimum absolute atomic E-state index is 0.0256. The Labute approximate surface area is 113 Å². The van der Waals surface area contributed by atoms with Crippen molar-refractivity contribution in [3.05, 3.63) is 35.9 Å². The molecule has 4 heteroatoms. The van der Waals surface area contributed by atoms with E-state index < -0.39 is 0 Å². The van der Waals surface area contributed by atoms with Crippen LogP contribution in [0.15, 0.2) is 30.3 Å². The number of hydrogen-bond donors (Lipinski definition) is 2. The van der Waals surface area contributed by atoms with E-state index in [2.05, 4.69) is 0 Å². The maximum absolute atomic E-state index is 7.71. The van der Waals surface area contributed by atoms with Gasteiger partial charge in [-0.1, -0.05) is 30.3 Å². The molecule has 0 aromatic heterocycles. The summed E-state index contributed by atoms with van der Waals surface area (Å²) in [6, 6.07) is 10.1. The third kappa shape index (κ3) is 3.75. The molecule has 0 bridgehead atoms. The Morgan fingerprint density at radius 3 is 2.83 bits per heavy atom. The number of nitrogens with two attached hydrogens (primary N) is 1. The maximum atomic E-state index is 7.71. The molecule has 1 aliphatic rings. The molecule has 0 spiro atoms. The summed E-state index contributed by atoms with van der Waals surface area (Å²) < 4.78 is 5.60. The first-order valence-electron chi connectivity index (χ1n) is 6.35. The maximum Gasteiger partial charge on any atom is 0.0990 e. The quantitative estimate of drug-likeness (QED) is 0.613. The van der Waals surface area contributed by atoms with Crippen molar-refractivity contribution >= 4 is 17.6 Å². The molecule has 1 saturated heterocycles. The molecule has 1 fully saturated rings. The van der Waals surface area contributed by atoms with Gasteiger partial charge in [-0.05, 0) is 18.4 Å². The van der Waals surface area contributed by atoms with Crippen molar-refractivity contribution in [2.75, 3.05) is 18.1 Å². The summed E-state index contributed by atoms with van der Waals surface area (Å²) in [5, 5.41) is 7.71. The van der Waals surface area contributed by atoms with Crippen LogP contribution >= 0.6 is 11.8 Å². The first-order chi connectivity index (χ1) is 8.77. The van der Waals surface area contributed by atoms with Gasteiger partial charge in [0.15, 0.2) is 0 Å². The molecule has 98 valence electrons. The fourth-order valence-electron chi connectivity index (χ4n) is 2.14. The number of amidine groups is 1. The Morgan fingerprint density at radius 1 is 1.44 bits per heavy atom. The summed E-state index contributed by atoms with van der Waals surface area (Å²) in [5.41, 5.74) is 6.83. The van der Waals surface area contributed by atoms with E-state index in [9.17, 15) is 0 Å². The molecular weight excluding hydrogens is 244 g/mol. The molecule has 1 aliphatic heterocycles. The smallest absolute Gasteiger partial charge is 0.0990 e. The van der Waals surface area contributed by atoms with Crippen LogP contribution in [0.3, 0.4) is 0 Å². The number of ether oxygens (including phenoxy) is 1. The molecule has 3 nitrogen and oxygen atoms in total. The predicted octanol–water partition coefficient (Wildman–Crippen LogP) is 2.62. The third-order valence-electron chi connectivity index (χ3n) is 3.19. The van der Waals surface area contributed by atoms with Crippen molar-refractivity contribution in [3.8, 4) is 0 Å². The zero-order valence-electron chi connectivity index (χ0n) is 10.5. The highest BCUT2D eigenvalue weighted by Gasteiger charge is 2.18. The van der Waals surface area contributed by atoms with Crippen LogP contribution in [-0.4, -0.2) is 30.1 Å². The van der Waals surface area contributed by atoms with Crippen LogP contribution in [0.5, 0.6) is 0 Å². The van der Waals surface area contributed by atoms with Gasteiger partial charge in [-0.3, -0.25) is 5.41 Å². The van der Waals surface area contributed by atoms with Gasteiger partial charge >= 0.3 is 0 Å². The van der Waals surface area contributed by atoms with Crippen LogP contribution in [0, 0.1) is 5.41 Å². The molecule has 2 unspecified atom stereocenters. The van der Waals surface area contributed by atoms with E-state index in [1.54, 1.807) is 0 Å². The zero-order chi connectivity index (χ0) is 12.8. The van der Waals surface area contributed by atoms with Gasteiger partial charge in [0.25, 0.3) is 0 Å².